The van der Waals surface area contributed by atoms with Crippen molar-refractivity contribution in [1.82, 2.24) is 14.8 Å². The first-order valence-corrected chi connectivity index (χ1v) is 6.32. The number of hydrogen-bond donors (Lipinski definition) is 1. The molecule has 0 bridgehead atoms. The highest BCUT2D eigenvalue weighted by molar-refractivity contribution is 4.95. The van der Waals surface area contributed by atoms with Crippen LogP contribution in [0.4, 0.5) is 0 Å². The molecule has 1 aliphatic rings. The molecule has 4 nitrogen and oxygen atoms in total. The van der Waals surface area contributed by atoms with Crippen molar-refractivity contribution in [2.45, 2.75) is 64.5 Å². The highest BCUT2D eigenvalue weighted by Gasteiger charge is 2.32. The predicted molar refractivity (Wildman–Crippen MR) is 62.2 cm³/mol. The first-order chi connectivity index (χ1) is 7.67. The summed E-state index contributed by atoms with van der Waals surface area (Å²) in [6.07, 6.45) is 5.80. The molecule has 1 aromatic rings. The number of aryl methyl sites for hydroxylation is 2. The molecule has 1 aliphatic carbocycles. The van der Waals surface area contributed by atoms with Gasteiger partial charge in [0.1, 0.15) is 5.82 Å². The molecule has 0 amide bonds. The summed E-state index contributed by atoms with van der Waals surface area (Å²) >= 11 is 0. The van der Waals surface area contributed by atoms with E-state index in [9.17, 15) is 5.11 Å². The van der Waals surface area contributed by atoms with Crippen LogP contribution >= 0.6 is 0 Å². The molecule has 4 heteroatoms. The summed E-state index contributed by atoms with van der Waals surface area (Å²) in [7, 11) is 0. The van der Waals surface area contributed by atoms with Gasteiger partial charge in [-0.15, -0.1) is 0 Å². The van der Waals surface area contributed by atoms with Crippen molar-refractivity contribution in [2.24, 2.45) is 0 Å². The average Bonchev–Trinajstić information content (AvgIpc) is 2.85. The van der Waals surface area contributed by atoms with Crippen molar-refractivity contribution in [2.75, 3.05) is 0 Å². The van der Waals surface area contributed by atoms with Crippen molar-refractivity contribution >= 4 is 0 Å². The molecule has 1 saturated carbocycles. The molecule has 2 rings (SSSR count). The van der Waals surface area contributed by atoms with E-state index in [1.807, 2.05) is 4.68 Å². The van der Waals surface area contributed by atoms with E-state index in [4.69, 9.17) is 0 Å². The van der Waals surface area contributed by atoms with E-state index < -0.39 is 5.60 Å². The van der Waals surface area contributed by atoms with Gasteiger partial charge in [0.05, 0.1) is 12.1 Å². The van der Waals surface area contributed by atoms with Crippen molar-refractivity contribution in [1.29, 1.82) is 0 Å². The number of hydrogen-bond acceptors (Lipinski definition) is 3. The van der Waals surface area contributed by atoms with Crippen LogP contribution in [0.25, 0.3) is 0 Å². The van der Waals surface area contributed by atoms with E-state index in [2.05, 4.69) is 23.9 Å². The van der Waals surface area contributed by atoms with Crippen LogP contribution in [0.5, 0.6) is 0 Å². The zero-order chi connectivity index (χ0) is 11.6. The second-order valence-corrected chi connectivity index (χ2v) is 4.74. The first-order valence-electron chi connectivity index (χ1n) is 6.32. The Bertz CT molecular complexity index is 353. The predicted octanol–water partition coefficient (Wildman–Crippen LogP) is 1.71. The van der Waals surface area contributed by atoms with E-state index in [1.54, 1.807) is 0 Å². The van der Waals surface area contributed by atoms with Crippen molar-refractivity contribution in [3.05, 3.63) is 11.6 Å². The summed E-state index contributed by atoms with van der Waals surface area (Å²) in [5.74, 6) is 1.88. The number of nitrogens with zero attached hydrogens (tertiary/aromatic N) is 3. The zero-order valence-electron chi connectivity index (χ0n) is 10.2. The minimum atomic E-state index is -0.539. The Labute approximate surface area is 96.7 Å². The number of rotatable bonds is 4. The molecule has 90 valence electrons. The van der Waals surface area contributed by atoms with Gasteiger partial charge in [-0.25, -0.2) is 9.67 Å². The molecule has 0 radical (unpaired) electrons. The molecule has 0 atom stereocenters. The Kier molecular flexibility index (Phi) is 3.28. The number of aliphatic hydroxyl groups is 1. The summed E-state index contributed by atoms with van der Waals surface area (Å²) in [6, 6.07) is 0. The van der Waals surface area contributed by atoms with Gasteiger partial charge in [-0.3, -0.25) is 0 Å². The Hall–Kier alpha value is -0.900. The first kappa shape index (κ1) is 11.6. The Morgan fingerprint density at radius 3 is 2.50 bits per heavy atom. The van der Waals surface area contributed by atoms with Gasteiger partial charge in [0.2, 0.25) is 0 Å². The Morgan fingerprint density at radius 2 is 1.94 bits per heavy atom. The summed E-state index contributed by atoms with van der Waals surface area (Å²) in [6.45, 7) is 4.76. The third-order valence-corrected chi connectivity index (χ3v) is 3.40. The van der Waals surface area contributed by atoms with Crippen molar-refractivity contribution < 1.29 is 5.11 Å². The standard InChI is InChI=1S/C12H21N3O/c1-3-10-13-11(4-2)15(14-10)9-12(16)7-5-6-8-12/h16H,3-9H2,1-2H3. The third kappa shape index (κ3) is 2.26. The molecule has 0 unspecified atom stereocenters. The van der Waals surface area contributed by atoms with E-state index >= 15 is 0 Å². The lowest BCUT2D eigenvalue weighted by Gasteiger charge is -2.22. The fraction of sp³-hybridized carbons (Fsp3) is 0.833. The summed E-state index contributed by atoms with van der Waals surface area (Å²) in [5.41, 5.74) is -0.539. The monoisotopic (exact) mass is 223 g/mol. The van der Waals surface area contributed by atoms with Crippen molar-refractivity contribution in [3.8, 4) is 0 Å². The molecule has 0 saturated heterocycles. The van der Waals surface area contributed by atoms with Crippen LogP contribution in [0, 0.1) is 0 Å². The molecule has 1 aromatic heterocycles. The fourth-order valence-electron chi connectivity index (χ4n) is 2.43. The quantitative estimate of drug-likeness (QED) is 0.845. The van der Waals surface area contributed by atoms with E-state index in [-0.39, 0.29) is 0 Å². The largest absolute Gasteiger partial charge is 0.388 e. The maximum atomic E-state index is 10.4. The maximum absolute atomic E-state index is 10.4. The topological polar surface area (TPSA) is 50.9 Å². The molecule has 16 heavy (non-hydrogen) atoms. The second-order valence-electron chi connectivity index (χ2n) is 4.74. The van der Waals surface area contributed by atoms with Crippen molar-refractivity contribution in [3.63, 3.8) is 0 Å². The molecular formula is C12H21N3O. The minimum absolute atomic E-state index is 0.539. The molecule has 1 fully saturated rings. The lowest BCUT2D eigenvalue weighted by molar-refractivity contribution is 0.0255. The molecule has 1 heterocycles. The van der Waals surface area contributed by atoms with Crippen LogP contribution in [0.3, 0.4) is 0 Å². The van der Waals surface area contributed by atoms with Crippen LogP contribution in [-0.4, -0.2) is 25.5 Å². The maximum Gasteiger partial charge on any atom is 0.150 e. The lowest BCUT2D eigenvalue weighted by atomic mass is 10.0. The van der Waals surface area contributed by atoms with Gasteiger partial charge in [-0.2, -0.15) is 5.10 Å². The van der Waals surface area contributed by atoms with Gasteiger partial charge in [0, 0.05) is 12.8 Å². The molecule has 0 spiro atoms. The van der Waals surface area contributed by atoms with Crippen LogP contribution < -0.4 is 0 Å². The highest BCUT2D eigenvalue weighted by Crippen LogP contribution is 2.30. The van der Waals surface area contributed by atoms with Gasteiger partial charge in [0.15, 0.2) is 5.82 Å². The summed E-state index contributed by atoms with van der Waals surface area (Å²) < 4.78 is 1.91. The zero-order valence-corrected chi connectivity index (χ0v) is 10.2. The molecular weight excluding hydrogens is 202 g/mol. The van der Waals surface area contributed by atoms with Crippen LogP contribution in [0.1, 0.15) is 51.2 Å². The van der Waals surface area contributed by atoms with Crippen LogP contribution in [0.15, 0.2) is 0 Å². The summed E-state index contributed by atoms with van der Waals surface area (Å²) in [4.78, 5) is 4.46. The summed E-state index contributed by atoms with van der Waals surface area (Å²) in [5, 5.41) is 14.8. The van der Waals surface area contributed by atoms with Gasteiger partial charge < -0.3 is 5.11 Å². The highest BCUT2D eigenvalue weighted by atomic mass is 16.3. The van der Waals surface area contributed by atoms with Gasteiger partial charge in [0.25, 0.3) is 0 Å². The lowest BCUT2D eigenvalue weighted by Crippen LogP contribution is -2.31. The Balaban J connectivity index is 2.16. The molecule has 0 aromatic carbocycles. The van der Waals surface area contributed by atoms with Gasteiger partial charge in [-0.05, 0) is 12.8 Å². The molecule has 0 aliphatic heterocycles. The van der Waals surface area contributed by atoms with E-state index in [0.717, 1.165) is 50.2 Å². The second kappa shape index (κ2) is 4.53. The Morgan fingerprint density at radius 1 is 1.25 bits per heavy atom. The van der Waals surface area contributed by atoms with E-state index in [1.165, 1.54) is 0 Å². The smallest absolute Gasteiger partial charge is 0.150 e. The van der Waals surface area contributed by atoms with Gasteiger partial charge >= 0.3 is 0 Å². The van der Waals surface area contributed by atoms with E-state index in [0.29, 0.717) is 6.54 Å². The number of aromatic nitrogens is 3. The van der Waals surface area contributed by atoms with Crippen LogP contribution in [-0.2, 0) is 19.4 Å². The normalized spacial score (nSPS) is 19.2. The fourth-order valence-corrected chi connectivity index (χ4v) is 2.43. The minimum Gasteiger partial charge on any atom is -0.388 e. The third-order valence-electron chi connectivity index (χ3n) is 3.40. The molecule has 1 N–H and O–H groups in total. The SMILES string of the molecule is CCc1nc(CC)n(CC2(O)CCCC2)n1. The van der Waals surface area contributed by atoms with Gasteiger partial charge in [-0.1, -0.05) is 26.7 Å². The van der Waals surface area contributed by atoms with Crippen LogP contribution in [0.2, 0.25) is 0 Å². The average molecular weight is 223 g/mol.